The Morgan fingerprint density at radius 3 is 1.43 bits per heavy atom. The van der Waals surface area contributed by atoms with Crippen molar-refractivity contribution >= 4 is 17.3 Å². The molecule has 0 heterocycles. The highest BCUT2D eigenvalue weighted by atomic mass is 16.1. The van der Waals surface area contributed by atoms with Crippen LogP contribution in [0.25, 0.3) is 0 Å². The molecular weight excluding hydrogens is 262 g/mol. The second-order valence-corrected chi connectivity index (χ2v) is 4.48. The number of carbonyl (C=O) groups is 1. The lowest BCUT2D eigenvalue weighted by atomic mass is 10.2. The van der Waals surface area contributed by atoms with Crippen molar-refractivity contribution in [1.29, 1.82) is 0 Å². The van der Waals surface area contributed by atoms with Crippen molar-refractivity contribution in [1.82, 2.24) is 0 Å². The molecule has 0 aliphatic carbocycles. The number of benzene rings is 2. The van der Waals surface area contributed by atoms with Gasteiger partial charge in [0.05, 0.1) is 11.4 Å². The van der Waals surface area contributed by atoms with Gasteiger partial charge in [0.25, 0.3) is 0 Å². The standard InChI is InChI=1S/C14H14N2.C3H5NO/c1-11-3-7-13(8-4-11)15-16-14-9-5-12(2)6-10-14;1-2-3(4)5/h3-10H,1-2H3;2H,1H2,(H2,4,5). The Balaban J connectivity index is 0.000000383. The molecule has 0 aromatic heterocycles. The number of primary amides is 1. The minimum absolute atomic E-state index is 0.481. The van der Waals surface area contributed by atoms with Gasteiger partial charge < -0.3 is 5.73 Å². The molecule has 0 spiro atoms. The summed E-state index contributed by atoms with van der Waals surface area (Å²) in [6.07, 6.45) is 1.06. The number of amides is 1. The van der Waals surface area contributed by atoms with E-state index in [1.807, 2.05) is 48.5 Å². The highest BCUT2D eigenvalue weighted by Gasteiger charge is 1.90. The summed E-state index contributed by atoms with van der Waals surface area (Å²) in [6.45, 7) is 7.20. The van der Waals surface area contributed by atoms with Crippen LogP contribution in [-0.2, 0) is 4.79 Å². The number of aryl methyl sites for hydroxylation is 2. The van der Waals surface area contributed by atoms with Gasteiger partial charge in [-0.05, 0) is 44.2 Å². The molecule has 0 atom stereocenters. The van der Waals surface area contributed by atoms with Gasteiger partial charge in [-0.1, -0.05) is 42.0 Å². The highest BCUT2D eigenvalue weighted by molar-refractivity contribution is 5.84. The van der Waals surface area contributed by atoms with Crippen molar-refractivity contribution in [2.24, 2.45) is 16.0 Å². The zero-order chi connectivity index (χ0) is 15.7. The lowest BCUT2D eigenvalue weighted by molar-refractivity contribution is -0.113. The average Bonchev–Trinajstić information content (AvgIpc) is 2.49. The Bertz CT molecular complexity index is 566. The molecule has 4 heteroatoms. The van der Waals surface area contributed by atoms with E-state index in [0.29, 0.717) is 0 Å². The molecule has 2 N–H and O–H groups in total. The summed E-state index contributed by atoms with van der Waals surface area (Å²) in [6, 6.07) is 16.0. The molecule has 1 amide bonds. The van der Waals surface area contributed by atoms with Crippen LogP contribution in [0.4, 0.5) is 11.4 Å². The van der Waals surface area contributed by atoms with Gasteiger partial charge in [0.1, 0.15) is 0 Å². The van der Waals surface area contributed by atoms with Crippen molar-refractivity contribution in [2.75, 3.05) is 0 Å². The Labute approximate surface area is 125 Å². The Morgan fingerprint density at radius 2 is 1.19 bits per heavy atom. The maximum absolute atomic E-state index is 9.47. The van der Waals surface area contributed by atoms with E-state index in [9.17, 15) is 4.79 Å². The van der Waals surface area contributed by atoms with Crippen LogP contribution in [0.5, 0.6) is 0 Å². The van der Waals surface area contributed by atoms with Gasteiger partial charge in [-0.3, -0.25) is 4.79 Å². The minimum Gasteiger partial charge on any atom is -0.366 e. The van der Waals surface area contributed by atoms with Crippen molar-refractivity contribution in [3.8, 4) is 0 Å². The number of azo groups is 1. The van der Waals surface area contributed by atoms with Crippen LogP contribution >= 0.6 is 0 Å². The SMILES string of the molecule is C=CC(N)=O.Cc1ccc(N=Nc2ccc(C)cc2)cc1. The van der Waals surface area contributed by atoms with E-state index in [1.165, 1.54) is 11.1 Å². The normalized spacial score (nSPS) is 9.81. The summed E-state index contributed by atoms with van der Waals surface area (Å²) in [5.74, 6) is -0.481. The third kappa shape index (κ3) is 6.82. The van der Waals surface area contributed by atoms with Gasteiger partial charge in [-0.15, -0.1) is 0 Å². The van der Waals surface area contributed by atoms with E-state index in [0.717, 1.165) is 17.5 Å². The first kappa shape index (κ1) is 16.3. The summed E-state index contributed by atoms with van der Waals surface area (Å²) in [5.41, 5.74) is 8.76. The lowest BCUT2D eigenvalue weighted by Gasteiger charge is -1.95. The predicted molar refractivity (Wildman–Crippen MR) is 85.9 cm³/mol. The van der Waals surface area contributed by atoms with Crippen LogP contribution in [0, 0.1) is 13.8 Å². The van der Waals surface area contributed by atoms with E-state index < -0.39 is 5.91 Å². The van der Waals surface area contributed by atoms with E-state index in [1.54, 1.807) is 0 Å². The first-order valence-electron chi connectivity index (χ1n) is 6.48. The fourth-order valence-electron chi connectivity index (χ4n) is 1.34. The zero-order valence-corrected chi connectivity index (χ0v) is 12.3. The number of hydrogen-bond acceptors (Lipinski definition) is 3. The summed E-state index contributed by atoms with van der Waals surface area (Å²) in [4.78, 5) is 9.47. The van der Waals surface area contributed by atoms with Crippen LogP contribution < -0.4 is 5.73 Å². The van der Waals surface area contributed by atoms with Gasteiger partial charge in [0, 0.05) is 0 Å². The van der Waals surface area contributed by atoms with Gasteiger partial charge >= 0.3 is 0 Å². The second-order valence-electron chi connectivity index (χ2n) is 4.48. The summed E-state index contributed by atoms with van der Waals surface area (Å²) < 4.78 is 0. The van der Waals surface area contributed by atoms with Crippen LogP contribution in [-0.4, -0.2) is 5.91 Å². The molecule has 4 nitrogen and oxygen atoms in total. The van der Waals surface area contributed by atoms with Crippen molar-refractivity contribution in [2.45, 2.75) is 13.8 Å². The van der Waals surface area contributed by atoms with Crippen LogP contribution in [0.1, 0.15) is 11.1 Å². The highest BCUT2D eigenvalue weighted by Crippen LogP contribution is 2.18. The smallest absolute Gasteiger partial charge is 0.240 e. The van der Waals surface area contributed by atoms with Gasteiger partial charge in [0.15, 0.2) is 0 Å². The molecule has 2 aromatic rings. The quantitative estimate of drug-likeness (QED) is 0.658. The van der Waals surface area contributed by atoms with E-state index in [-0.39, 0.29) is 0 Å². The third-order valence-electron chi connectivity index (χ3n) is 2.55. The Morgan fingerprint density at radius 1 is 0.905 bits per heavy atom. The Hall–Kier alpha value is -2.75. The maximum Gasteiger partial charge on any atom is 0.240 e. The zero-order valence-electron chi connectivity index (χ0n) is 12.3. The molecule has 108 valence electrons. The molecule has 0 bridgehead atoms. The Kier molecular flexibility index (Phi) is 6.54. The molecule has 2 rings (SSSR count). The molecule has 0 aliphatic heterocycles. The first-order chi connectivity index (χ1) is 10.0. The average molecular weight is 281 g/mol. The summed E-state index contributed by atoms with van der Waals surface area (Å²) >= 11 is 0. The molecule has 2 aromatic carbocycles. The largest absolute Gasteiger partial charge is 0.366 e. The third-order valence-corrected chi connectivity index (χ3v) is 2.55. The molecule has 0 fully saturated rings. The molecule has 0 unspecified atom stereocenters. The minimum atomic E-state index is -0.481. The number of carbonyl (C=O) groups excluding carboxylic acids is 1. The molecule has 0 saturated carbocycles. The van der Waals surface area contributed by atoms with Gasteiger partial charge in [-0.25, -0.2) is 0 Å². The van der Waals surface area contributed by atoms with Gasteiger partial charge in [0.2, 0.25) is 5.91 Å². The molecule has 0 radical (unpaired) electrons. The summed E-state index contributed by atoms with van der Waals surface area (Å²) in [5, 5.41) is 8.34. The number of nitrogens with two attached hydrogens (primary N) is 1. The van der Waals surface area contributed by atoms with Crippen molar-refractivity contribution in [3.05, 3.63) is 72.3 Å². The van der Waals surface area contributed by atoms with Gasteiger partial charge in [-0.2, -0.15) is 10.2 Å². The topological polar surface area (TPSA) is 67.8 Å². The predicted octanol–water partition coefficient (Wildman–Crippen LogP) is 4.38. The summed E-state index contributed by atoms with van der Waals surface area (Å²) in [7, 11) is 0. The fraction of sp³-hybridized carbons (Fsp3) is 0.118. The maximum atomic E-state index is 9.47. The molecular formula is C17H19N3O. The number of hydrogen-bond donors (Lipinski definition) is 1. The molecule has 0 aliphatic rings. The monoisotopic (exact) mass is 281 g/mol. The van der Waals surface area contributed by atoms with Crippen LogP contribution in [0.2, 0.25) is 0 Å². The molecule has 0 saturated heterocycles. The number of rotatable bonds is 3. The molecule has 21 heavy (non-hydrogen) atoms. The van der Waals surface area contributed by atoms with Crippen LogP contribution in [0.3, 0.4) is 0 Å². The lowest BCUT2D eigenvalue weighted by Crippen LogP contribution is -2.04. The first-order valence-corrected chi connectivity index (χ1v) is 6.48. The van der Waals surface area contributed by atoms with E-state index >= 15 is 0 Å². The van der Waals surface area contributed by atoms with Crippen LogP contribution in [0.15, 0.2) is 71.4 Å². The van der Waals surface area contributed by atoms with Crippen molar-refractivity contribution in [3.63, 3.8) is 0 Å². The number of nitrogens with zero attached hydrogens (tertiary/aromatic N) is 2. The van der Waals surface area contributed by atoms with E-state index in [4.69, 9.17) is 0 Å². The fourth-order valence-corrected chi connectivity index (χ4v) is 1.34. The van der Waals surface area contributed by atoms with E-state index in [2.05, 4.69) is 36.4 Å². The van der Waals surface area contributed by atoms with Crippen molar-refractivity contribution < 1.29 is 4.79 Å². The second kappa shape index (κ2) is 8.43.